The van der Waals surface area contributed by atoms with E-state index in [1.54, 1.807) is 12.1 Å². The van der Waals surface area contributed by atoms with Crippen LogP contribution in [0.25, 0.3) is 0 Å². The number of amidine groups is 1. The molecule has 0 heterocycles. The van der Waals surface area contributed by atoms with Gasteiger partial charge in [0.05, 0.1) is 5.75 Å². The maximum atomic E-state index is 11.0. The molecule has 0 aliphatic rings. The number of benzene rings is 1. The van der Waals surface area contributed by atoms with Gasteiger partial charge in [0.15, 0.2) is 0 Å². The van der Waals surface area contributed by atoms with Crippen molar-refractivity contribution in [3.8, 4) is 0 Å². The SMILES string of the molecule is CS(=O)(=O)CCSCc1ccc(C(=N)N)cc1Cl. The van der Waals surface area contributed by atoms with Gasteiger partial charge >= 0.3 is 0 Å². The van der Waals surface area contributed by atoms with Crippen LogP contribution in [0.4, 0.5) is 0 Å². The van der Waals surface area contributed by atoms with Gasteiger partial charge in [-0.05, 0) is 11.6 Å². The molecule has 0 saturated carbocycles. The van der Waals surface area contributed by atoms with E-state index < -0.39 is 9.84 Å². The Morgan fingerprint density at radius 3 is 2.67 bits per heavy atom. The molecule has 0 spiro atoms. The molecular weight excluding hydrogens is 292 g/mol. The summed E-state index contributed by atoms with van der Waals surface area (Å²) < 4.78 is 21.9. The van der Waals surface area contributed by atoms with Crippen LogP contribution in [0.2, 0.25) is 5.02 Å². The van der Waals surface area contributed by atoms with E-state index in [0.717, 1.165) is 5.56 Å². The van der Waals surface area contributed by atoms with Crippen molar-refractivity contribution in [3.05, 3.63) is 34.3 Å². The Morgan fingerprint density at radius 2 is 2.17 bits per heavy atom. The van der Waals surface area contributed by atoms with Gasteiger partial charge in [-0.1, -0.05) is 23.7 Å². The maximum Gasteiger partial charge on any atom is 0.148 e. The largest absolute Gasteiger partial charge is 0.384 e. The van der Waals surface area contributed by atoms with E-state index in [1.807, 2.05) is 6.07 Å². The zero-order chi connectivity index (χ0) is 13.8. The van der Waals surface area contributed by atoms with E-state index in [1.165, 1.54) is 18.0 Å². The molecular formula is C11H15ClN2O2S2. The summed E-state index contributed by atoms with van der Waals surface area (Å²) >= 11 is 7.57. The van der Waals surface area contributed by atoms with Crippen LogP contribution in [0.1, 0.15) is 11.1 Å². The van der Waals surface area contributed by atoms with Crippen molar-refractivity contribution in [1.29, 1.82) is 5.41 Å². The van der Waals surface area contributed by atoms with Crippen molar-refractivity contribution >= 4 is 39.0 Å². The van der Waals surface area contributed by atoms with Crippen LogP contribution in [0, 0.1) is 5.41 Å². The fourth-order valence-corrected chi connectivity index (χ4v) is 3.85. The van der Waals surface area contributed by atoms with Crippen LogP contribution >= 0.6 is 23.4 Å². The second-order valence-corrected chi connectivity index (χ2v) is 7.67. The Morgan fingerprint density at radius 1 is 1.50 bits per heavy atom. The fraction of sp³-hybridized carbons (Fsp3) is 0.364. The molecule has 0 saturated heterocycles. The van der Waals surface area contributed by atoms with Crippen LogP contribution in [0.5, 0.6) is 0 Å². The first-order chi connectivity index (χ1) is 8.29. The van der Waals surface area contributed by atoms with Crippen molar-refractivity contribution in [2.45, 2.75) is 5.75 Å². The summed E-state index contributed by atoms with van der Waals surface area (Å²) in [6, 6.07) is 5.20. The number of nitrogens with one attached hydrogen (secondary N) is 1. The van der Waals surface area contributed by atoms with E-state index in [9.17, 15) is 8.42 Å². The molecule has 0 amide bonds. The molecule has 1 aromatic carbocycles. The summed E-state index contributed by atoms with van der Waals surface area (Å²) in [5, 5.41) is 7.84. The highest BCUT2D eigenvalue weighted by Gasteiger charge is 2.06. The first-order valence-corrected chi connectivity index (χ1v) is 8.77. The zero-order valence-corrected chi connectivity index (χ0v) is 12.3. The Labute approximate surface area is 116 Å². The number of hydrogen-bond donors (Lipinski definition) is 2. The van der Waals surface area contributed by atoms with Crippen molar-refractivity contribution in [1.82, 2.24) is 0 Å². The fourth-order valence-electron chi connectivity index (χ4n) is 1.22. The molecule has 3 N–H and O–H groups in total. The second kappa shape index (κ2) is 6.45. The Kier molecular flexibility index (Phi) is 5.49. The standard InChI is InChI=1S/C11H15ClN2O2S2/c1-18(15,16)5-4-17-7-9-3-2-8(11(13)14)6-10(9)12/h2-3,6H,4-5,7H2,1H3,(H3,13,14). The highest BCUT2D eigenvalue weighted by molar-refractivity contribution is 7.99. The third-order valence-electron chi connectivity index (χ3n) is 2.22. The molecule has 4 nitrogen and oxygen atoms in total. The van der Waals surface area contributed by atoms with E-state index >= 15 is 0 Å². The quantitative estimate of drug-likeness (QED) is 0.477. The molecule has 0 radical (unpaired) electrons. The maximum absolute atomic E-state index is 11.0. The summed E-state index contributed by atoms with van der Waals surface area (Å²) in [7, 11) is -2.91. The van der Waals surface area contributed by atoms with Crippen LogP contribution < -0.4 is 5.73 Å². The van der Waals surface area contributed by atoms with Gasteiger partial charge in [-0.25, -0.2) is 8.42 Å². The molecule has 0 bridgehead atoms. The van der Waals surface area contributed by atoms with Crippen LogP contribution in [-0.2, 0) is 15.6 Å². The van der Waals surface area contributed by atoms with Crippen molar-refractivity contribution in [3.63, 3.8) is 0 Å². The van der Waals surface area contributed by atoms with Crippen molar-refractivity contribution in [2.24, 2.45) is 5.73 Å². The molecule has 0 aromatic heterocycles. The highest BCUT2D eigenvalue weighted by Crippen LogP contribution is 2.22. The number of thioether (sulfide) groups is 1. The predicted octanol–water partition coefficient (Wildman–Crippen LogP) is 1.90. The molecule has 18 heavy (non-hydrogen) atoms. The van der Waals surface area contributed by atoms with Gasteiger partial charge in [-0.15, -0.1) is 0 Å². The molecule has 1 aromatic rings. The van der Waals surface area contributed by atoms with E-state index in [0.29, 0.717) is 22.1 Å². The number of hydrogen-bond acceptors (Lipinski definition) is 4. The molecule has 0 atom stereocenters. The van der Waals surface area contributed by atoms with Gasteiger partial charge in [0.25, 0.3) is 0 Å². The Hall–Kier alpha value is -0.720. The third-order valence-corrected chi connectivity index (χ3v) is 4.78. The lowest BCUT2D eigenvalue weighted by Crippen LogP contribution is -2.11. The molecule has 0 aliphatic heterocycles. The minimum absolute atomic E-state index is 0.0202. The normalized spacial score (nSPS) is 11.4. The summed E-state index contributed by atoms with van der Waals surface area (Å²) in [6.07, 6.45) is 1.22. The predicted molar refractivity (Wildman–Crippen MR) is 78.3 cm³/mol. The monoisotopic (exact) mass is 306 g/mol. The van der Waals surface area contributed by atoms with Crippen molar-refractivity contribution < 1.29 is 8.42 Å². The topological polar surface area (TPSA) is 84.0 Å². The van der Waals surface area contributed by atoms with Gasteiger partial charge in [-0.2, -0.15) is 11.8 Å². The molecule has 1 rings (SSSR count). The second-order valence-electron chi connectivity index (χ2n) is 3.90. The molecule has 0 aliphatic carbocycles. The van der Waals surface area contributed by atoms with Crippen LogP contribution in [-0.4, -0.2) is 32.0 Å². The highest BCUT2D eigenvalue weighted by atomic mass is 35.5. The number of nitrogen functional groups attached to an aromatic ring is 1. The van der Waals surface area contributed by atoms with E-state index in [2.05, 4.69) is 0 Å². The number of nitrogens with two attached hydrogens (primary N) is 1. The molecule has 0 fully saturated rings. The first kappa shape index (κ1) is 15.3. The van der Waals surface area contributed by atoms with E-state index in [-0.39, 0.29) is 11.6 Å². The van der Waals surface area contributed by atoms with Gasteiger partial charge < -0.3 is 5.73 Å². The lowest BCUT2D eigenvalue weighted by Gasteiger charge is -2.06. The van der Waals surface area contributed by atoms with E-state index in [4.69, 9.17) is 22.7 Å². The lowest BCUT2D eigenvalue weighted by molar-refractivity contribution is 0.603. The summed E-state index contributed by atoms with van der Waals surface area (Å²) in [5.74, 6) is 1.34. The molecule has 7 heteroatoms. The Bertz CT molecular complexity index is 544. The third kappa shape index (κ3) is 5.29. The number of sulfone groups is 1. The van der Waals surface area contributed by atoms with Crippen LogP contribution in [0.15, 0.2) is 18.2 Å². The summed E-state index contributed by atoms with van der Waals surface area (Å²) in [6.45, 7) is 0. The summed E-state index contributed by atoms with van der Waals surface area (Å²) in [4.78, 5) is 0. The van der Waals surface area contributed by atoms with Crippen molar-refractivity contribution in [2.75, 3.05) is 17.8 Å². The minimum Gasteiger partial charge on any atom is -0.384 e. The minimum atomic E-state index is -2.91. The molecule has 100 valence electrons. The average molecular weight is 307 g/mol. The average Bonchev–Trinajstić information content (AvgIpc) is 2.24. The zero-order valence-electron chi connectivity index (χ0n) is 9.94. The number of rotatable bonds is 6. The van der Waals surface area contributed by atoms with Gasteiger partial charge in [0.2, 0.25) is 0 Å². The van der Waals surface area contributed by atoms with Gasteiger partial charge in [0.1, 0.15) is 15.7 Å². The van der Waals surface area contributed by atoms with Gasteiger partial charge in [-0.3, -0.25) is 5.41 Å². The number of halogens is 1. The first-order valence-electron chi connectivity index (χ1n) is 5.18. The lowest BCUT2D eigenvalue weighted by atomic mass is 10.1. The van der Waals surface area contributed by atoms with Gasteiger partial charge in [0, 0.05) is 28.3 Å². The smallest absolute Gasteiger partial charge is 0.148 e. The van der Waals surface area contributed by atoms with Crippen LogP contribution in [0.3, 0.4) is 0 Å². The Balaban J connectivity index is 2.56. The summed E-state index contributed by atoms with van der Waals surface area (Å²) in [5.41, 5.74) is 6.86. The molecule has 0 unspecified atom stereocenters.